The number of aliphatic hydroxyl groups is 1. The predicted molar refractivity (Wildman–Crippen MR) is 81.0 cm³/mol. The lowest BCUT2D eigenvalue weighted by Crippen LogP contribution is -2.46. The minimum atomic E-state index is -0.483. The van der Waals surface area contributed by atoms with Crippen LogP contribution in [-0.2, 0) is 4.74 Å². The highest BCUT2D eigenvalue weighted by atomic mass is 16.5. The molecule has 19 heavy (non-hydrogen) atoms. The molecule has 0 aromatic carbocycles. The monoisotopic (exact) mass is 268 g/mol. The van der Waals surface area contributed by atoms with Gasteiger partial charge in [-0.3, -0.25) is 0 Å². The first-order valence-corrected chi connectivity index (χ1v) is 6.71. The third-order valence-electron chi connectivity index (χ3n) is 2.90. The van der Waals surface area contributed by atoms with Crippen molar-refractivity contribution in [1.82, 2.24) is 5.32 Å². The molecule has 0 saturated carbocycles. The van der Waals surface area contributed by atoms with Crippen molar-refractivity contribution in [3.63, 3.8) is 0 Å². The van der Waals surface area contributed by atoms with Gasteiger partial charge in [0.2, 0.25) is 0 Å². The molecule has 0 aliphatic carbocycles. The summed E-state index contributed by atoms with van der Waals surface area (Å²) in [7, 11) is 1.82. The summed E-state index contributed by atoms with van der Waals surface area (Å²) in [6.07, 6.45) is 6.54. The zero-order chi connectivity index (χ0) is 14.7. The van der Waals surface area contributed by atoms with Crippen molar-refractivity contribution in [2.24, 2.45) is 5.73 Å². The minimum Gasteiger partial charge on any atom is -0.392 e. The molecule has 0 radical (unpaired) electrons. The number of allylic oxidation sites excluding steroid dienone is 3. The summed E-state index contributed by atoms with van der Waals surface area (Å²) in [5.41, 5.74) is 6.32. The number of aliphatic hydroxyl groups excluding tert-OH is 1. The smallest absolute Gasteiger partial charge is 0.0787 e. The molecular formula is C15H28N2O2. The van der Waals surface area contributed by atoms with E-state index in [0.717, 1.165) is 12.0 Å². The molecule has 0 spiro atoms. The summed E-state index contributed by atoms with van der Waals surface area (Å²) in [4.78, 5) is 0. The van der Waals surface area contributed by atoms with E-state index in [0.29, 0.717) is 19.6 Å². The molecule has 0 rings (SSSR count). The van der Waals surface area contributed by atoms with Gasteiger partial charge in [0.15, 0.2) is 0 Å². The maximum absolute atomic E-state index is 9.77. The molecule has 4 N–H and O–H groups in total. The molecule has 3 atom stereocenters. The number of likely N-dealkylation sites (N-methyl/N-ethyl adjacent to an activating group) is 1. The molecular weight excluding hydrogens is 240 g/mol. The second kappa shape index (κ2) is 10.9. The number of hydrogen-bond donors (Lipinski definition) is 3. The summed E-state index contributed by atoms with van der Waals surface area (Å²) in [6, 6.07) is -0.112. The molecule has 0 aromatic rings. The Hall–Kier alpha value is -0.940. The predicted octanol–water partition coefficient (Wildman–Crippen LogP) is 1.38. The SMILES string of the molecule is C=CC(=C)/C=C\C[C@@H](OCCCN)[C@@H](NC)C(C)O. The van der Waals surface area contributed by atoms with Crippen molar-refractivity contribution in [2.45, 2.75) is 38.0 Å². The fourth-order valence-electron chi connectivity index (χ4n) is 1.80. The molecule has 0 saturated heterocycles. The van der Waals surface area contributed by atoms with Crippen LogP contribution in [0, 0.1) is 0 Å². The van der Waals surface area contributed by atoms with E-state index in [4.69, 9.17) is 10.5 Å². The summed E-state index contributed by atoms with van der Waals surface area (Å²) in [6.45, 7) is 10.4. The van der Waals surface area contributed by atoms with Gasteiger partial charge in [0.1, 0.15) is 0 Å². The lowest BCUT2D eigenvalue weighted by molar-refractivity contribution is -0.00741. The van der Waals surface area contributed by atoms with Gasteiger partial charge in [-0.05, 0) is 38.9 Å². The fraction of sp³-hybridized carbons (Fsp3) is 0.600. The van der Waals surface area contributed by atoms with E-state index in [9.17, 15) is 5.11 Å². The Labute approximate surface area is 117 Å². The van der Waals surface area contributed by atoms with Gasteiger partial charge < -0.3 is 20.9 Å². The molecule has 0 aromatic heterocycles. The van der Waals surface area contributed by atoms with Crippen molar-refractivity contribution < 1.29 is 9.84 Å². The van der Waals surface area contributed by atoms with Gasteiger partial charge in [0.25, 0.3) is 0 Å². The first-order valence-electron chi connectivity index (χ1n) is 6.71. The quantitative estimate of drug-likeness (QED) is 0.391. The number of nitrogens with two attached hydrogens (primary N) is 1. The Bertz CT molecular complexity index is 288. The standard InChI is InChI=1S/C15H28N2O2/c1-5-12(2)8-6-9-14(19-11-7-10-16)15(17-4)13(3)18/h5-6,8,13-15,17-18H,1-2,7,9-11,16H2,3-4H3/b8-6-/t13?,14-,15+/m1/s1. The Kier molecular flexibility index (Phi) is 10.4. The number of nitrogens with one attached hydrogen (secondary N) is 1. The zero-order valence-electron chi connectivity index (χ0n) is 12.1. The molecule has 0 aliphatic heterocycles. The molecule has 0 heterocycles. The van der Waals surface area contributed by atoms with Crippen LogP contribution in [0.3, 0.4) is 0 Å². The van der Waals surface area contributed by atoms with Crippen molar-refractivity contribution in [2.75, 3.05) is 20.2 Å². The van der Waals surface area contributed by atoms with E-state index in [-0.39, 0.29) is 12.1 Å². The summed E-state index contributed by atoms with van der Waals surface area (Å²) < 4.78 is 5.80. The van der Waals surface area contributed by atoms with Crippen LogP contribution in [0.2, 0.25) is 0 Å². The largest absolute Gasteiger partial charge is 0.392 e. The Morgan fingerprint density at radius 2 is 2.21 bits per heavy atom. The number of hydrogen-bond acceptors (Lipinski definition) is 4. The van der Waals surface area contributed by atoms with Crippen LogP contribution in [0.5, 0.6) is 0 Å². The topological polar surface area (TPSA) is 67.5 Å². The minimum absolute atomic E-state index is 0.0922. The van der Waals surface area contributed by atoms with Gasteiger partial charge >= 0.3 is 0 Å². The van der Waals surface area contributed by atoms with Crippen LogP contribution in [0.25, 0.3) is 0 Å². The van der Waals surface area contributed by atoms with Crippen LogP contribution in [0.1, 0.15) is 19.8 Å². The molecule has 4 heteroatoms. The van der Waals surface area contributed by atoms with E-state index in [1.54, 1.807) is 13.0 Å². The van der Waals surface area contributed by atoms with E-state index >= 15 is 0 Å². The van der Waals surface area contributed by atoms with Gasteiger partial charge in [-0.1, -0.05) is 31.4 Å². The average Bonchev–Trinajstić information content (AvgIpc) is 2.38. The van der Waals surface area contributed by atoms with E-state index in [1.807, 2.05) is 19.2 Å². The Morgan fingerprint density at radius 1 is 1.53 bits per heavy atom. The molecule has 4 nitrogen and oxygen atoms in total. The lowest BCUT2D eigenvalue weighted by atomic mass is 10.0. The van der Waals surface area contributed by atoms with Crippen LogP contribution in [-0.4, -0.2) is 43.6 Å². The van der Waals surface area contributed by atoms with E-state index < -0.39 is 6.10 Å². The van der Waals surface area contributed by atoms with Crippen LogP contribution < -0.4 is 11.1 Å². The molecule has 0 amide bonds. The average molecular weight is 268 g/mol. The molecule has 1 unspecified atom stereocenters. The van der Waals surface area contributed by atoms with Crippen LogP contribution in [0.15, 0.2) is 37.0 Å². The normalized spacial score (nSPS) is 16.2. The van der Waals surface area contributed by atoms with Crippen LogP contribution >= 0.6 is 0 Å². The van der Waals surface area contributed by atoms with Gasteiger partial charge in [-0.2, -0.15) is 0 Å². The second-order valence-corrected chi connectivity index (χ2v) is 4.52. The maximum Gasteiger partial charge on any atom is 0.0787 e. The van der Waals surface area contributed by atoms with Crippen molar-refractivity contribution in [1.29, 1.82) is 0 Å². The highest BCUT2D eigenvalue weighted by molar-refractivity contribution is 5.25. The fourth-order valence-corrected chi connectivity index (χ4v) is 1.80. The summed E-state index contributed by atoms with van der Waals surface area (Å²) >= 11 is 0. The highest BCUT2D eigenvalue weighted by Gasteiger charge is 2.23. The van der Waals surface area contributed by atoms with Gasteiger partial charge in [0.05, 0.1) is 18.2 Å². The van der Waals surface area contributed by atoms with Gasteiger partial charge in [0, 0.05) is 6.61 Å². The zero-order valence-corrected chi connectivity index (χ0v) is 12.1. The number of rotatable bonds is 11. The highest BCUT2D eigenvalue weighted by Crippen LogP contribution is 2.11. The van der Waals surface area contributed by atoms with E-state index in [2.05, 4.69) is 18.5 Å². The van der Waals surface area contributed by atoms with Crippen molar-refractivity contribution in [3.8, 4) is 0 Å². The molecule has 0 aliphatic rings. The molecule has 0 fully saturated rings. The lowest BCUT2D eigenvalue weighted by Gasteiger charge is -2.28. The van der Waals surface area contributed by atoms with Crippen molar-refractivity contribution >= 4 is 0 Å². The number of ether oxygens (including phenoxy) is 1. The van der Waals surface area contributed by atoms with Crippen molar-refractivity contribution in [3.05, 3.63) is 37.0 Å². The van der Waals surface area contributed by atoms with Crippen LogP contribution in [0.4, 0.5) is 0 Å². The van der Waals surface area contributed by atoms with Gasteiger partial charge in [-0.25, -0.2) is 0 Å². The molecule has 0 bridgehead atoms. The summed E-state index contributed by atoms with van der Waals surface area (Å²) in [5, 5.41) is 12.9. The Morgan fingerprint density at radius 3 is 2.68 bits per heavy atom. The first kappa shape index (κ1) is 18.1. The summed E-state index contributed by atoms with van der Waals surface area (Å²) in [5.74, 6) is 0. The van der Waals surface area contributed by atoms with E-state index in [1.165, 1.54) is 0 Å². The third-order valence-corrected chi connectivity index (χ3v) is 2.90. The molecule has 110 valence electrons. The Balaban J connectivity index is 4.51. The first-order chi connectivity index (χ1) is 9.06. The maximum atomic E-state index is 9.77. The second-order valence-electron chi connectivity index (χ2n) is 4.52. The van der Waals surface area contributed by atoms with Gasteiger partial charge in [-0.15, -0.1) is 0 Å². The third kappa shape index (κ3) is 7.95.